The van der Waals surface area contributed by atoms with Crippen LogP contribution in [0.25, 0.3) is 10.7 Å². The van der Waals surface area contributed by atoms with Crippen LogP contribution in [0.3, 0.4) is 0 Å². The zero-order valence-corrected chi connectivity index (χ0v) is 19.7. The molecule has 3 heterocycles. The largest absolute Gasteiger partial charge is 0.456 e. The van der Waals surface area contributed by atoms with Gasteiger partial charge in [0.1, 0.15) is 33.5 Å². The third-order valence-electron chi connectivity index (χ3n) is 4.45. The van der Waals surface area contributed by atoms with Crippen LogP contribution in [-0.4, -0.2) is 45.7 Å². The summed E-state index contributed by atoms with van der Waals surface area (Å²) in [5, 5.41) is 10.3. The van der Waals surface area contributed by atoms with Crippen LogP contribution in [0.5, 0.6) is 0 Å². The first-order valence-corrected chi connectivity index (χ1v) is 12.2. The molecule has 2 aromatic rings. The van der Waals surface area contributed by atoms with Gasteiger partial charge in [-0.2, -0.15) is 12.6 Å². The second-order valence-corrected chi connectivity index (χ2v) is 9.50. The lowest BCUT2D eigenvalue weighted by Gasteiger charge is -2.23. The van der Waals surface area contributed by atoms with E-state index in [9.17, 15) is 14.4 Å². The lowest BCUT2D eigenvalue weighted by Crippen LogP contribution is -2.46. The number of thiol groups is 1. The van der Waals surface area contributed by atoms with E-state index in [-0.39, 0.29) is 30.5 Å². The number of hydrogen-bond donors (Lipinski definition) is 3. The maximum atomic E-state index is 12.9. The molecular weight excluding hydrogens is 456 g/mol. The predicted molar refractivity (Wildman–Crippen MR) is 123 cm³/mol. The molecule has 2 aromatic heterocycles. The molecule has 2 atom stereocenters. The third-order valence-corrected chi connectivity index (χ3v) is 6.42. The molecular formula is C20H24N4O4S3. The molecule has 11 heteroatoms. The van der Waals surface area contributed by atoms with Gasteiger partial charge >= 0.3 is 5.97 Å². The van der Waals surface area contributed by atoms with Crippen molar-refractivity contribution in [1.29, 1.82) is 0 Å². The van der Waals surface area contributed by atoms with Crippen molar-refractivity contribution in [1.82, 2.24) is 20.6 Å². The van der Waals surface area contributed by atoms with Crippen molar-refractivity contribution in [3.8, 4) is 10.7 Å². The number of fused-ring (bicyclic) bond motifs is 5. The molecule has 0 spiro atoms. The van der Waals surface area contributed by atoms with E-state index in [0.717, 1.165) is 5.01 Å². The second kappa shape index (κ2) is 10.9. The van der Waals surface area contributed by atoms with Gasteiger partial charge in [-0.1, -0.05) is 19.9 Å². The topological polar surface area (TPSA) is 110 Å². The van der Waals surface area contributed by atoms with Gasteiger partial charge in [0.2, 0.25) is 5.91 Å². The number of amides is 2. The minimum atomic E-state index is -0.875. The molecule has 3 rings (SSSR count). The van der Waals surface area contributed by atoms with Crippen LogP contribution in [0.4, 0.5) is 0 Å². The number of thiazole rings is 2. The SMILES string of the molecule is CC(C)[C@@H]1NC(=O)c2csc(n2)-c2csc(n2)CNC(=O)C[C@@H](/C=C/CCS)OC1=O. The number of rotatable bonds is 4. The van der Waals surface area contributed by atoms with Crippen LogP contribution < -0.4 is 10.6 Å². The number of esters is 1. The van der Waals surface area contributed by atoms with Gasteiger partial charge in [-0.25, -0.2) is 14.8 Å². The van der Waals surface area contributed by atoms with Crippen LogP contribution in [0.1, 0.15) is 42.2 Å². The van der Waals surface area contributed by atoms with E-state index < -0.39 is 24.0 Å². The molecule has 8 nitrogen and oxygen atoms in total. The number of nitrogens with zero attached hydrogens (tertiary/aromatic N) is 2. The van der Waals surface area contributed by atoms with Gasteiger partial charge in [0, 0.05) is 10.8 Å². The summed E-state index contributed by atoms with van der Waals surface area (Å²) in [5.41, 5.74) is 0.872. The number of allylic oxidation sites excluding steroid dienone is 1. The van der Waals surface area contributed by atoms with Crippen molar-refractivity contribution in [3.63, 3.8) is 0 Å². The van der Waals surface area contributed by atoms with Gasteiger partial charge < -0.3 is 15.4 Å². The van der Waals surface area contributed by atoms with Crippen molar-refractivity contribution in [2.45, 2.75) is 45.4 Å². The molecule has 1 aliphatic rings. The average molecular weight is 481 g/mol. The monoisotopic (exact) mass is 480 g/mol. The summed E-state index contributed by atoms with van der Waals surface area (Å²) < 4.78 is 5.60. The van der Waals surface area contributed by atoms with Crippen LogP contribution in [0.15, 0.2) is 22.9 Å². The first-order valence-electron chi connectivity index (χ1n) is 9.83. The normalized spacial score (nSPS) is 20.6. The Morgan fingerprint density at radius 2 is 2.00 bits per heavy atom. The first kappa shape index (κ1) is 23.4. The van der Waals surface area contributed by atoms with Gasteiger partial charge in [0.05, 0.1) is 13.0 Å². The summed E-state index contributed by atoms with van der Waals surface area (Å²) in [6.07, 6.45) is 3.40. The van der Waals surface area contributed by atoms with E-state index in [1.165, 1.54) is 22.7 Å². The fourth-order valence-electron chi connectivity index (χ4n) is 2.82. The maximum absolute atomic E-state index is 12.9. The van der Waals surface area contributed by atoms with Crippen LogP contribution in [0.2, 0.25) is 0 Å². The summed E-state index contributed by atoms with van der Waals surface area (Å²) in [6, 6.07) is -0.875. The fourth-order valence-corrected chi connectivity index (χ4v) is 4.52. The minimum Gasteiger partial charge on any atom is -0.456 e. The van der Waals surface area contributed by atoms with E-state index in [2.05, 4.69) is 33.2 Å². The van der Waals surface area contributed by atoms with Crippen LogP contribution in [0, 0.1) is 5.92 Å². The number of ether oxygens (including phenoxy) is 1. The first-order chi connectivity index (χ1) is 14.9. The molecule has 2 N–H and O–H groups in total. The Balaban J connectivity index is 1.90. The predicted octanol–water partition coefficient (Wildman–Crippen LogP) is 2.83. The van der Waals surface area contributed by atoms with E-state index in [1.807, 2.05) is 25.3 Å². The Kier molecular flexibility index (Phi) is 8.22. The van der Waals surface area contributed by atoms with Crippen molar-refractivity contribution < 1.29 is 19.1 Å². The molecule has 31 heavy (non-hydrogen) atoms. The Bertz CT molecular complexity index is 969. The summed E-state index contributed by atoms with van der Waals surface area (Å²) in [5.74, 6) is -0.900. The zero-order chi connectivity index (χ0) is 22.4. The molecule has 0 unspecified atom stereocenters. The molecule has 1 aliphatic heterocycles. The van der Waals surface area contributed by atoms with Gasteiger partial charge in [-0.05, 0) is 24.2 Å². The van der Waals surface area contributed by atoms with Crippen molar-refractivity contribution >= 4 is 53.1 Å². The Labute approximate surface area is 193 Å². The van der Waals surface area contributed by atoms with Gasteiger partial charge in [-0.15, -0.1) is 22.7 Å². The van der Waals surface area contributed by atoms with E-state index >= 15 is 0 Å². The second-order valence-electron chi connectivity index (χ2n) is 7.26. The van der Waals surface area contributed by atoms with Gasteiger partial charge in [0.15, 0.2) is 0 Å². The Morgan fingerprint density at radius 3 is 2.74 bits per heavy atom. The highest BCUT2D eigenvalue weighted by atomic mass is 32.1. The number of carbonyl (C=O) groups excluding carboxylic acids is 3. The summed E-state index contributed by atoms with van der Waals surface area (Å²) in [4.78, 5) is 46.9. The van der Waals surface area contributed by atoms with Crippen LogP contribution >= 0.6 is 35.3 Å². The molecule has 0 aromatic carbocycles. The minimum absolute atomic E-state index is 0.0283. The zero-order valence-electron chi connectivity index (χ0n) is 17.2. The van der Waals surface area contributed by atoms with Gasteiger partial charge in [0.25, 0.3) is 5.91 Å². The summed E-state index contributed by atoms with van der Waals surface area (Å²) >= 11 is 6.86. The Morgan fingerprint density at radius 1 is 1.23 bits per heavy atom. The summed E-state index contributed by atoms with van der Waals surface area (Å²) in [6.45, 7) is 3.89. The molecule has 0 saturated carbocycles. The molecule has 0 saturated heterocycles. The Hall–Kier alpha value is -2.24. The highest BCUT2D eigenvalue weighted by Crippen LogP contribution is 2.25. The number of hydrogen-bond acceptors (Lipinski definition) is 9. The van der Waals surface area contributed by atoms with E-state index in [1.54, 1.807) is 11.5 Å². The third kappa shape index (κ3) is 6.37. The maximum Gasteiger partial charge on any atom is 0.329 e. The molecule has 4 bridgehead atoms. The standard InChI is InChI=1S/C20H24N4O4S3/c1-11(2)17-20(27)28-12(5-3-4-6-29)7-15(25)21-8-16-22-14(10-30-16)19-23-13(9-31-19)18(26)24-17/h3,5,9-12,17,29H,4,6-8H2,1-2H3,(H,21,25)(H,24,26)/b5-3+/t12-,17+/m1/s1. The highest BCUT2D eigenvalue weighted by molar-refractivity contribution is 7.80. The van der Waals surface area contributed by atoms with Crippen LogP contribution in [-0.2, 0) is 20.9 Å². The quantitative estimate of drug-likeness (QED) is 0.353. The molecule has 0 fully saturated rings. The number of cyclic esters (lactones) is 1. The molecule has 166 valence electrons. The lowest BCUT2D eigenvalue weighted by atomic mass is 10.0. The molecule has 0 aliphatic carbocycles. The van der Waals surface area contributed by atoms with E-state index in [0.29, 0.717) is 22.9 Å². The van der Waals surface area contributed by atoms with Crippen molar-refractivity contribution in [2.75, 3.05) is 5.75 Å². The molecule has 0 radical (unpaired) electrons. The smallest absolute Gasteiger partial charge is 0.329 e. The van der Waals surface area contributed by atoms with E-state index in [4.69, 9.17) is 4.74 Å². The average Bonchev–Trinajstić information content (AvgIpc) is 3.39. The number of carbonyl (C=O) groups is 3. The number of aromatic nitrogens is 2. The lowest BCUT2D eigenvalue weighted by molar-refractivity contribution is -0.151. The highest BCUT2D eigenvalue weighted by Gasteiger charge is 2.29. The number of nitrogens with one attached hydrogen (secondary N) is 2. The van der Waals surface area contributed by atoms with Gasteiger partial charge in [-0.3, -0.25) is 9.59 Å². The van der Waals surface area contributed by atoms with Crippen molar-refractivity contribution in [3.05, 3.63) is 33.6 Å². The summed E-state index contributed by atoms with van der Waals surface area (Å²) in [7, 11) is 0. The van der Waals surface area contributed by atoms with Crippen molar-refractivity contribution in [2.24, 2.45) is 5.92 Å². The fraction of sp³-hybridized carbons (Fsp3) is 0.450. The molecule has 2 amide bonds.